The van der Waals surface area contributed by atoms with Crippen molar-refractivity contribution < 1.29 is 9.15 Å². The Hall–Kier alpha value is -0.800. The predicted molar refractivity (Wildman–Crippen MR) is 70.2 cm³/mol. The molecule has 3 heteroatoms. The SMILES string of the molecule is c1cc(COCCC2CCC2)c(CNC2CC2)o1. The van der Waals surface area contributed by atoms with Crippen molar-refractivity contribution in [2.24, 2.45) is 5.92 Å². The summed E-state index contributed by atoms with van der Waals surface area (Å²) < 4.78 is 11.3. The van der Waals surface area contributed by atoms with E-state index in [1.54, 1.807) is 6.26 Å². The Labute approximate surface area is 109 Å². The van der Waals surface area contributed by atoms with Gasteiger partial charge in [-0.2, -0.15) is 0 Å². The van der Waals surface area contributed by atoms with E-state index in [2.05, 4.69) is 5.32 Å². The highest BCUT2D eigenvalue weighted by atomic mass is 16.5. The summed E-state index contributed by atoms with van der Waals surface area (Å²) in [5.74, 6) is 1.98. The van der Waals surface area contributed by atoms with Gasteiger partial charge >= 0.3 is 0 Å². The van der Waals surface area contributed by atoms with Gasteiger partial charge in [0.15, 0.2) is 0 Å². The van der Waals surface area contributed by atoms with Crippen LogP contribution in [0.4, 0.5) is 0 Å². The Morgan fingerprint density at radius 2 is 2.17 bits per heavy atom. The summed E-state index contributed by atoms with van der Waals surface area (Å²) in [7, 11) is 0. The maximum atomic E-state index is 5.76. The van der Waals surface area contributed by atoms with Gasteiger partial charge in [0.1, 0.15) is 5.76 Å². The van der Waals surface area contributed by atoms with Gasteiger partial charge in [0, 0.05) is 18.2 Å². The van der Waals surface area contributed by atoms with Crippen molar-refractivity contribution in [3.05, 3.63) is 23.7 Å². The molecule has 2 aliphatic carbocycles. The lowest BCUT2D eigenvalue weighted by molar-refractivity contribution is 0.0939. The fourth-order valence-electron chi connectivity index (χ4n) is 2.39. The molecule has 2 aliphatic rings. The summed E-state index contributed by atoms with van der Waals surface area (Å²) in [4.78, 5) is 0. The minimum Gasteiger partial charge on any atom is -0.468 e. The summed E-state index contributed by atoms with van der Waals surface area (Å²) in [6.45, 7) is 2.44. The van der Waals surface area contributed by atoms with Gasteiger partial charge in [0.05, 0.1) is 19.4 Å². The molecular weight excluding hydrogens is 226 g/mol. The van der Waals surface area contributed by atoms with Crippen molar-refractivity contribution >= 4 is 0 Å². The van der Waals surface area contributed by atoms with Crippen LogP contribution in [0.2, 0.25) is 0 Å². The maximum Gasteiger partial charge on any atom is 0.123 e. The van der Waals surface area contributed by atoms with Crippen LogP contribution in [-0.2, 0) is 17.9 Å². The van der Waals surface area contributed by atoms with E-state index in [9.17, 15) is 0 Å². The lowest BCUT2D eigenvalue weighted by Crippen LogP contribution is -2.16. The number of ether oxygens (including phenoxy) is 1. The van der Waals surface area contributed by atoms with Crippen molar-refractivity contribution in [2.45, 2.75) is 57.7 Å². The van der Waals surface area contributed by atoms with E-state index in [0.29, 0.717) is 6.61 Å². The monoisotopic (exact) mass is 249 g/mol. The van der Waals surface area contributed by atoms with Gasteiger partial charge in [0.25, 0.3) is 0 Å². The van der Waals surface area contributed by atoms with Crippen LogP contribution < -0.4 is 5.32 Å². The van der Waals surface area contributed by atoms with Crippen molar-refractivity contribution in [3.8, 4) is 0 Å². The molecule has 1 N–H and O–H groups in total. The second kappa shape index (κ2) is 5.89. The zero-order chi connectivity index (χ0) is 12.2. The Kier molecular flexibility index (Phi) is 4.01. The molecule has 0 aliphatic heterocycles. The lowest BCUT2D eigenvalue weighted by Gasteiger charge is -2.24. The molecule has 1 aromatic heterocycles. The average molecular weight is 249 g/mol. The summed E-state index contributed by atoms with van der Waals surface area (Å²) in [5.41, 5.74) is 1.21. The van der Waals surface area contributed by atoms with Gasteiger partial charge < -0.3 is 14.5 Å². The Bertz CT molecular complexity index is 366. The molecule has 1 heterocycles. The van der Waals surface area contributed by atoms with Crippen LogP contribution in [0.15, 0.2) is 16.7 Å². The second-order valence-corrected chi connectivity index (χ2v) is 5.66. The maximum absolute atomic E-state index is 5.76. The minimum atomic E-state index is 0.699. The number of hydrogen-bond donors (Lipinski definition) is 1. The first-order valence-corrected chi connectivity index (χ1v) is 7.28. The number of rotatable bonds is 8. The smallest absolute Gasteiger partial charge is 0.123 e. The minimum absolute atomic E-state index is 0.699. The zero-order valence-corrected chi connectivity index (χ0v) is 11.0. The van der Waals surface area contributed by atoms with Crippen LogP contribution in [0.1, 0.15) is 49.8 Å². The topological polar surface area (TPSA) is 34.4 Å². The van der Waals surface area contributed by atoms with Crippen molar-refractivity contribution in [1.29, 1.82) is 0 Å². The largest absolute Gasteiger partial charge is 0.468 e. The highest BCUT2D eigenvalue weighted by molar-refractivity contribution is 5.16. The molecule has 2 fully saturated rings. The van der Waals surface area contributed by atoms with E-state index in [0.717, 1.165) is 30.9 Å². The molecule has 3 nitrogen and oxygen atoms in total. The Morgan fingerprint density at radius 1 is 1.28 bits per heavy atom. The average Bonchev–Trinajstić information content (AvgIpc) is 3.04. The third kappa shape index (κ3) is 3.36. The molecule has 1 aromatic rings. The molecule has 0 bridgehead atoms. The highest BCUT2D eigenvalue weighted by Crippen LogP contribution is 2.29. The third-order valence-electron chi connectivity index (χ3n) is 4.12. The summed E-state index contributed by atoms with van der Waals surface area (Å²) in [5, 5.41) is 3.48. The standard InChI is InChI=1S/C15H23NO2/c1-2-12(3-1)6-8-17-11-13-7-9-18-15(13)10-16-14-4-5-14/h7,9,12,14,16H,1-6,8,10-11H2. The fraction of sp³-hybridized carbons (Fsp3) is 0.733. The van der Waals surface area contributed by atoms with Crippen LogP contribution in [0.3, 0.4) is 0 Å². The van der Waals surface area contributed by atoms with E-state index in [1.807, 2.05) is 6.07 Å². The molecule has 0 amide bonds. The van der Waals surface area contributed by atoms with Gasteiger partial charge in [-0.3, -0.25) is 0 Å². The summed E-state index contributed by atoms with van der Waals surface area (Å²) in [6, 6.07) is 2.76. The fourth-order valence-corrected chi connectivity index (χ4v) is 2.39. The van der Waals surface area contributed by atoms with Crippen LogP contribution >= 0.6 is 0 Å². The van der Waals surface area contributed by atoms with Crippen LogP contribution in [0.5, 0.6) is 0 Å². The van der Waals surface area contributed by atoms with Crippen LogP contribution in [-0.4, -0.2) is 12.6 Å². The van der Waals surface area contributed by atoms with Gasteiger partial charge in [0.2, 0.25) is 0 Å². The van der Waals surface area contributed by atoms with E-state index in [1.165, 1.54) is 44.1 Å². The Balaban J connectivity index is 1.36. The number of hydrogen-bond acceptors (Lipinski definition) is 3. The third-order valence-corrected chi connectivity index (χ3v) is 4.12. The molecular formula is C15H23NO2. The molecule has 0 atom stereocenters. The predicted octanol–water partition coefficient (Wildman–Crippen LogP) is 3.24. The van der Waals surface area contributed by atoms with E-state index in [-0.39, 0.29) is 0 Å². The molecule has 0 unspecified atom stereocenters. The quantitative estimate of drug-likeness (QED) is 0.718. The molecule has 2 saturated carbocycles. The van der Waals surface area contributed by atoms with Gasteiger partial charge in [-0.25, -0.2) is 0 Å². The Morgan fingerprint density at radius 3 is 2.89 bits per heavy atom. The van der Waals surface area contributed by atoms with Gasteiger partial charge in [-0.15, -0.1) is 0 Å². The molecule has 3 rings (SSSR count). The molecule has 0 saturated heterocycles. The van der Waals surface area contributed by atoms with Crippen molar-refractivity contribution in [2.75, 3.05) is 6.61 Å². The van der Waals surface area contributed by atoms with Gasteiger partial charge in [-0.05, 0) is 31.2 Å². The zero-order valence-electron chi connectivity index (χ0n) is 11.0. The highest BCUT2D eigenvalue weighted by Gasteiger charge is 2.21. The lowest BCUT2D eigenvalue weighted by atomic mass is 9.83. The molecule has 0 spiro atoms. The van der Waals surface area contributed by atoms with Crippen molar-refractivity contribution in [3.63, 3.8) is 0 Å². The van der Waals surface area contributed by atoms with E-state index in [4.69, 9.17) is 9.15 Å². The van der Waals surface area contributed by atoms with E-state index < -0.39 is 0 Å². The molecule has 0 aromatic carbocycles. The molecule has 18 heavy (non-hydrogen) atoms. The van der Waals surface area contributed by atoms with Gasteiger partial charge in [-0.1, -0.05) is 19.3 Å². The van der Waals surface area contributed by atoms with Crippen LogP contribution in [0, 0.1) is 5.92 Å². The number of furan rings is 1. The van der Waals surface area contributed by atoms with Crippen LogP contribution in [0.25, 0.3) is 0 Å². The molecule has 0 radical (unpaired) electrons. The first kappa shape index (κ1) is 12.2. The first-order valence-electron chi connectivity index (χ1n) is 7.28. The summed E-state index contributed by atoms with van der Waals surface area (Å²) >= 11 is 0. The molecule has 100 valence electrons. The first-order chi connectivity index (χ1) is 8.92. The summed E-state index contributed by atoms with van der Waals surface area (Å²) in [6.07, 6.45) is 9.87. The van der Waals surface area contributed by atoms with E-state index >= 15 is 0 Å². The normalized spacial score (nSPS) is 20.0. The second-order valence-electron chi connectivity index (χ2n) is 5.66. The number of nitrogens with one attached hydrogen (secondary N) is 1. The van der Waals surface area contributed by atoms with Crippen molar-refractivity contribution in [1.82, 2.24) is 5.32 Å².